The maximum absolute atomic E-state index is 9.70. The predicted molar refractivity (Wildman–Crippen MR) is 19.7 cm³/mol. The second kappa shape index (κ2) is 2.32. The molecule has 0 aliphatic rings. The summed E-state index contributed by atoms with van der Waals surface area (Å²) < 4.78 is 0. The summed E-state index contributed by atoms with van der Waals surface area (Å²) in [7, 11) is 0. The fourth-order valence-corrected chi connectivity index (χ4v) is 0.0813. The van der Waals surface area contributed by atoms with Crippen LogP contribution in [0.1, 0.15) is 6.92 Å². The lowest BCUT2D eigenvalue weighted by atomic mass is 10.8. The number of hydrogen-bond donors (Lipinski definition) is 1. The lowest BCUT2D eigenvalue weighted by Gasteiger charge is -1.67. The van der Waals surface area contributed by atoms with Gasteiger partial charge in [0.25, 0.3) is 5.91 Å². The minimum Gasteiger partial charge on any atom is -0.304 e. The molecule has 34 valence electrons. The molecule has 0 spiro atoms. The van der Waals surface area contributed by atoms with Crippen LogP contribution >= 0.6 is 0 Å². The van der Waals surface area contributed by atoms with E-state index in [9.17, 15) is 4.79 Å². The highest BCUT2D eigenvalue weighted by atomic mass is 16.1. The summed E-state index contributed by atoms with van der Waals surface area (Å²) in [6.45, 7) is 1.27. The van der Waals surface area contributed by atoms with Gasteiger partial charge in [0.15, 0.2) is 0 Å². The zero-order valence-electron chi connectivity index (χ0n) is 3.38. The van der Waals surface area contributed by atoms with E-state index in [-0.39, 0.29) is 5.91 Å². The number of amides is 1. The number of carbonyl (C=O) groups is 1. The third kappa shape index (κ3) is 3.07. The van der Waals surface area contributed by atoms with E-state index in [1.807, 2.05) is 0 Å². The molecule has 4 heteroatoms. The second-order valence-electron chi connectivity index (χ2n) is 0.734. The van der Waals surface area contributed by atoms with Crippen LogP contribution in [0.5, 0.6) is 0 Å². The SMILES string of the molecule is CC(=O)N=NN. The van der Waals surface area contributed by atoms with Crippen LogP contribution in [0.2, 0.25) is 0 Å². The Kier molecular flexibility index (Phi) is 1.96. The van der Waals surface area contributed by atoms with Crippen molar-refractivity contribution in [3.63, 3.8) is 0 Å². The van der Waals surface area contributed by atoms with Gasteiger partial charge in [-0.3, -0.25) is 4.79 Å². The first-order chi connectivity index (χ1) is 2.77. The average molecular weight is 87.1 g/mol. The Morgan fingerprint density at radius 1 is 1.83 bits per heavy atom. The lowest BCUT2D eigenvalue weighted by Crippen LogP contribution is -1.82. The molecule has 0 atom stereocenters. The van der Waals surface area contributed by atoms with Gasteiger partial charge in [0.1, 0.15) is 0 Å². The van der Waals surface area contributed by atoms with Crippen molar-refractivity contribution in [3.8, 4) is 0 Å². The number of hydrogen-bond acceptors (Lipinski definition) is 2. The standard InChI is InChI=1S/C2H5N3O/c1-2(6)4-5-3/h1H3,(H2,3,4,6). The average Bonchev–Trinajstić information content (AvgIpc) is 1.35. The van der Waals surface area contributed by atoms with E-state index in [1.165, 1.54) is 6.92 Å². The van der Waals surface area contributed by atoms with Crippen LogP contribution in [-0.2, 0) is 4.79 Å². The minimum atomic E-state index is -0.377. The molecule has 4 nitrogen and oxygen atoms in total. The van der Waals surface area contributed by atoms with Gasteiger partial charge in [-0.2, -0.15) is 0 Å². The van der Waals surface area contributed by atoms with Crippen LogP contribution in [0.4, 0.5) is 0 Å². The third-order valence-corrected chi connectivity index (χ3v) is 0.199. The predicted octanol–water partition coefficient (Wildman–Crippen LogP) is -0.141. The summed E-state index contributed by atoms with van der Waals surface area (Å²) in [6.07, 6.45) is 0. The molecule has 0 rings (SSSR count). The quantitative estimate of drug-likeness (QED) is 0.254. The van der Waals surface area contributed by atoms with Crippen molar-refractivity contribution in [3.05, 3.63) is 0 Å². The van der Waals surface area contributed by atoms with Crippen molar-refractivity contribution in [2.45, 2.75) is 6.92 Å². The number of carbonyl (C=O) groups excluding carboxylic acids is 1. The molecule has 0 radical (unpaired) electrons. The number of nitrogens with two attached hydrogens (primary N) is 1. The molecular weight excluding hydrogens is 82.0 g/mol. The fourth-order valence-electron chi connectivity index (χ4n) is 0.0813. The topological polar surface area (TPSA) is 67.8 Å². The summed E-state index contributed by atoms with van der Waals surface area (Å²) in [5, 5.41) is 5.60. The van der Waals surface area contributed by atoms with Crippen LogP contribution in [-0.4, -0.2) is 5.91 Å². The van der Waals surface area contributed by atoms with Crippen LogP contribution < -0.4 is 5.84 Å². The smallest absolute Gasteiger partial charge is 0.263 e. The highest BCUT2D eigenvalue weighted by molar-refractivity contribution is 5.72. The molecule has 0 fully saturated rings. The van der Waals surface area contributed by atoms with E-state index < -0.39 is 0 Å². The van der Waals surface area contributed by atoms with Gasteiger partial charge < -0.3 is 5.84 Å². The van der Waals surface area contributed by atoms with Crippen molar-refractivity contribution >= 4 is 5.91 Å². The van der Waals surface area contributed by atoms with E-state index in [1.54, 1.807) is 0 Å². The van der Waals surface area contributed by atoms with E-state index in [0.717, 1.165) is 0 Å². The van der Waals surface area contributed by atoms with Crippen LogP contribution in [0, 0.1) is 0 Å². The van der Waals surface area contributed by atoms with Gasteiger partial charge in [-0.15, -0.1) is 0 Å². The molecule has 0 aromatic rings. The molecule has 0 bridgehead atoms. The molecule has 0 saturated heterocycles. The molecule has 0 aliphatic heterocycles. The van der Waals surface area contributed by atoms with Crippen molar-refractivity contribution in [1.82, 2.24) is 0 Å². The molecule has 0 aliphatic carbocycles. The summed E-state index contributed by atoms with van der Waals surface area (Å²) in [6, 6.07) is 0. The Morgan fingerprint density at radius 3 is 2.33 bits per heavy atom. The van der Waals surface area contributed by atoms with Crippen molar-refractivity contribution in [2.75, 3.05) is 0 Å². The maximum Gasteiger partial charge on any atom is 0.263 e. The van der Waals surface area contributed by atoms with Crippen molar-refractivity contribution in [1.29, 1.82) is 0 Å². The Labute approximate surface area is 35.0 Å². The maximum atomic E-state index is 9.70. The summed E-state index contributed by atoms with van der Waals surface area (Å²) >= 11 is 0. The number of nitrogens with zero attached hydrogens (tertiary/aromatic N) is 2. The first kappa shape index (κ1) is 5.07. The normalized spacial score (nSPS) is 9.50. The summed E-state index contributed by atoms with van der Waals surface area (Å²) in [4.78, 5) is 9.70. The molecule has 0 unspecified atom stereocenters. The Balaban J connectivity index is 3.30. The first-order valence-electron chi connectivity index (χ1n) is 1.39. The van der Waals surface area contributed by atoms with Crippen LogP contribution in [0.3, 0.4) is 0 Å². The lowest BCUT2D eigenvalue weighted by molar-refractivity contribution is -0.116. The number of rotatable bonds is 0. The van der Waals surface area contributed by atoms with Gasteiger partial charge in [-0.1, -0.05) is 10.3 Å². The van der Waals surface area contributed by atoms with Crippen molar-refractivity contribution < 1.29 is 4.79 Å². The summed E-state index contributed by atoms with van der Waals surface area (Å²) in [5.41, 5.74) is 0. The molecule has 6 heavy (non-hydrogen) atoms. The Hall–Kier alpha value is -0.930. The van der Waals surface area contributed by atoms with E-state index in [4.69, 9.17) is 0 Å². The Bertz CT molecular complexity index is 76.9. The monoisotopic (exact) mass is 87.0 g/mol. The summed E-state index contributed by atoms with van der Waals surface area (Å²) in [5.74, 6) is 4.09. The first-order valence-corrected chi connectivity index (χ1v) is 1.39. The minimum absolute atomic E-state index is 0.377. The van der Waals surface area contributed by atoms with Crippen LogP contribution in [0.15, 0.2) is 10.3 Å². The zero-order valence-corrected chi connectivity index (χ0v) is 3.38. The molecule has 0 saturated carbocycles. The highest BCUT2D eigenvalue weighted by Crippen LogP contribution is 1.65. The largest absolute Gasteiger partial charge is 0.304 e. The van der Waals surface area contributed by atoms with E-state index in [2.05, 4.69) is 16.2 Å². The van der Waals surface area contributed by atoms with Gasteiger partial charge in [-0.25, -0.2) is 0 Å². The van der Waals surface area contributed by atoms with Gasteiger partial charge >= 0.3 is 0 Å². The fraction of sp³-hybridized carbons (Fsp3) is 0.500. The van der Waals surface area contributed by atoms with E-state index in [0.29, 0.717) is 0 Å². The molecule has 0 heterocycles. The zero-order chi connectivity index (χ0) is 4.99. The van der Waals surface area contributed by atoms with E-state index >= 15 is 0 Å². The molecule has 0 aromatic heterocycles. The molecule has 1 amide bonds. The second-order valence-corrected chi connectivity index (χ2v) is 0.734. The van der Waals surface area contributed by atoms with Gasteiger partial charge in [-0.05, 0) is 0 Å². The third-order valence-electron chi connectivity index (χ3n) is 0.199. The highest BCUT2D eigenvalue weighted by Gasteiger charge is 1.76. The van der Waals surface area contributed by atoms with Gasteiger partial charge in [0, 0.05) is 6.92 Å². The Morgan fingerprint density at radius 2 is 2.33 bits per heavy atom. The molecular formula is C2H5N3O. The van der Waals surface area contributed by atoms with Gasteiger partial charge in [0.2, 0.25) is 0 Å². The molecule has 0 aromatic carbocycles. The van der Waals surface area contributed by atoms with Crippen LogP contribution in [0.25, 0.3) is 0 Å². The molecule has 2 N–H and O–H groups in total. The van der Waals surface area contributed by atoms with Gasteiger partial charge in [0.05, 0.1) is 0 Å². The van der Waals surface area contributed by atoms with Crippen molar-refractivity contribution in [2.24, 2.45) is 16.2 Å².